The highest BCUT2D eigenvalue weighted by molar-refractivity contribution is 8.19. The van der Waals surface area contributed by atoms with Crippen LogP contribution in [0.2, 0.25) is 0 Å². The maximum Gasteiger partial charge on any atom is 0.338 e. The van der Waals surface area contributed by atoms with Crippen molar-refractivity contribution in [3.05, 3.63) is 35.4 Å². The number of ether oxygens (including phenoxy) is 1. The molecule has 8 heteroatoms. The lowest BCUT2D eigenvalue weighted by Crippen LogP contribution is -2.38. The van der Waals surface area contributed by atoms with Crippen LogP contribution in [-0.4, -0.2) is 61.4 Å². The van der Waals surface area contributed by atoms with E-state index in [0.717, 1.165) is 11.5 Å². The van der Waals surface area contributed by atoms with Crippen LogP contribution in [0.4, 0.5) is 0 Å². The third-order valence-corrected chi connectivity index (χ3v) is 6.41. The Bertz CT molecular complexity index is 599. The van der Waals surface area contributed by atoms with Crippen LogP contribution < -0.4 is 5.32 Å². The first-order chi connectivity index (χ1) is 11.5. The topological polar surface area (TPSA) is 75.7 Å². The van der Waals surface area contributed by atoms with Crippen molar-refractivity contribution in [3.63, 3.8) is 0 Å². The zero-order chi connectivity index (χ0) is 17.5. The molecule has 0 aliphatic carbocycles. The Labute approximate surface area is 149 Å². The first kappa shape index (κ1) is 18.7. The molecule has 1 aromatic carbocycles. The molecule has 1 heterocycles. The van der Waals surface area contributed by atoms with Crippen molar-refractivity contribution in [2.24, 2.45) is 0 Å². The molecule has 6 nitrogen and oxygen atoms in total. The highest BCUT2D eigenvalue weighted by Crippen LogP contribution is 2.45. The monoisotopic (exact) mass is 368 g/mol. The van der Waals surface area contributed by atoms with Gasteiger partial charge in [0.25, 0.3) is 5.91 Å². The second-order valence-corrected chi connectivity index (χ2v) is 8.06. The molecule has 1 aliphatic rings. The number of rotatable bonds is 6. The summed E-state index contributed by atoms with van der Waals surface area (Å²) in [6.07, 6.45) is 0. The van der Waals surface area contributed by atoms with E-state index < -0.39 is 18.5 Å². The number of carbonyl (C=O) groups excluding carboxylic acids is 3. The molecular formula is C16H20N2O4S2. The predicted octanol–water partition coefficient (Wildman–Crippen LogP) is 1.53. The molecular weight excluding hydrogens is 348 g/mol. The summed E-state index contributed by atoms with van der Waals surface area (Å²) in [5.41, 5.74) is 1.59. The Morgan fingerprint density at radius 2 is 1.79 bits per heavy atom. The summed E-state index contributed by atoms with van der Waals surface area (Å²) < 4.78 is 5.39. The molecule has 0 spiro atoms. The van der Waals surface area contributed by atoms with Crippen LogP contribution >= 0.6 is 23.5 Å². The molecule has 1 N–H and O–H groups in total. The van der Waals surface area contributed by atoms with Crippen LogP contribution in [0, 0.1) is 0 Å². The van der Waals surface area contributed by atoms with Gasteiger partial charge < -0.3 is 15.0 Å². The Morgan fingerprint density at radius 1 is 1.17 bits per heavy atom. The van der Waals surface area contributed by atoms with Crippen LogP contribution in [0.3, 0.4) is 0 Å². The van der Waals surface area contributed by atoms with Gasteiger partial charge >= 0.3 is 5.97 Å². The molecule has 2 amide bonds. The van der Waals surface area contributed by atoms with Gasteiger partial charge in [-0.1, -0.05) is 12.1 Å². The Kier molecular flexibility index (Phi) is 6.99. The molecule has 0 aromatic heterocycles. The van der Waals surface area contributed by atoms with Gasteiger partial charge in [-0.05, 0) is 17.7 Å². The van der Waals surface area contributed by atoms with Gasteiger partial charge in [-0.25, -0.2) is 4.79 Å². The summed E-state index contributed by atoms with van der Waals surface area (Å²) in [6, 6.07) is 7.26. The van der Waals surface area contributed by atoms with Crippen LogP contribution in [-0.2, 0) is 14.3 Å². The molecule has 2 rings (SSSR count). The summed E-state index contributed by atoms with van der Waals surface area (Å²) in [6.45, 7) is -0.523. The predicted molar refractivity (Wildman–Crippen MR) is 96.1 cm³/mol. The fourth-order valence-corrected chi connectivity index (χ4v) is 4.78. The zero-order valence-electron chi connectivity index (χ0n) is 13.6. The van der Waals surface area contributed by atoms with Crippen molar-refractivity contribution in [2.45, 2.75) is 4.58 Å². The average molecular weight is 368 g/mol. The second kappa shape index (κ2) is 8.98. The van der Waals surface area contributed by atoms with Gasteiger partial charge in [0, 0.05) is 25.6 Å². The molecule has 1 aliphatic heterocycles. The first-order valence-corrected chi connectivity index (χ1v) is 9.54. The maximum absolute atomic E-state index is 11.9. The van der Waals surface area contributed by atoms with E-state index in [1.165, 1.54) is 10.5 Å². The fourth-order valence-electron chi connectivity index (χ4n) is 1.92. The largest absolute Gasteiger partial charge is 0.452 e. The second-order valence-electron chi connectivity index (χ2n) is 5.34. The molecule has 0 bridgehead atoms. The number of nitrogens with one attached hydrogen (secondary N) is 1. The van der Waals surface area contributed by atoms with E-state index in [2.05, 4.69) is 5.32 Å². The van der Waals surface area contributed by atoms with Crippen molar-refractivity contribution < 1.29 is 19.1 Å². The number of esters is 1. The van der Waals surface area contributed by atoms with Crippen molar-refractivity contribution >= 4 is 41.3 Å². The van der Waals surface area contributed by atoms with Crippen molar-refractivity contribution in [3.8, 4) is 0 Å². The van der Waals surface area contributed by atoms with Gasteiger partial charge in [0.05, 0.1) is 16.7 Å². The van der Waals surface area contributed by atoms with E-state index >= 15 is 0 Å². The van der Waals surface area contributed by atoms with Gasteiger partial charge in [-0.2, -0.15) is 0 Å². The molecule has 1 saturated heterocycles. The average Bonchev–Trinajstić information content (AvgIpc) is 3.12. The summed E-state index contributed by atoms with van der Waals surface area (Å²) in [4.78, 5) is 36.2. The van der Waals surface area contributed by atoms with Crippen molar-refractivity contribution in [1.29, 1.82) is 0 Å². The Morgan fingerprint density at radius 3 is 2.38 bits per heavy atom. The number of benzene rings is 1. The Hall–Kier alpha value is -1.67. The number of hydrogen-bond acceptors (Lipinski definition) is 6. The number of nitrogens with zero attached hydrogens (tertiary/aromatic N) is 1. The van der Waals surface area contributed by atoms with Gasteiger partial charge in [0.15, 0.2) is 6.61 Å². The van der Waals surface area contributed by atoms with E-state index in [-0.39, 0.29) is 12.5 Å². The highest BCUT2D eigenvalue weighted by atomic mass is 32.2. The minimum Gasteiger partial charge on any atom is -0.452 e. The van der Waals surface area contributed by atoms with E-state index in [1.807, 2.05) is 35.7 Å². The number of likely N-dealkylation sites (N-methyl/N-ethyl adjacent to an activating group) is 1. The minimum absolute atomic E-state index is 0.116. The summed E-state index contributed by atoms with van der Waals surface area (Å²) >= 11 is 3.79. The van der Waals surface area contributed by atoms with Gasteiger partial charge in [-0.15, -0.1) is 23.5 Å². The number of thioether (sulfide) groups is 2. The van der Waals surface area contributed by atoms with E-state index in [4.69, 9.17) is 4.74 Å². The molecule has 1 aromatic rings. The Balaban J connectivity index is 1.77. The normalized spacial score (nSPS) is 14.2. The number of hydrogen-bond donors (Lipinski definition) is 1. The van der Waals surface area contributed by atoms with Crippen LogP contribution in [0.1, 0.15) is 20.5 Å². The lowest BCUT2D eigenvalue weighted by Gasteiger charge is -2.11. The van der Waals surface area contributed by atoms with Crippen LogP contribution in [0.25, 0.3) is 0 Å². The van der Waals surface area contributed by atoms with Crippen molar-refractivity contribution in [2.75, 3.05) is 38.8 Å². The number of carbonyl (C=O) groups is 3. The molecule has 1 fully saturated rings. The lowest BCUT2D eigenvalue weighted by atomic mass is 10.1. The maximum atomic E-state index is 11.9. The standard InChI is InChI=1S/C16H20N2O4S2/c1-18(2)14(20)9-17-13(19)10-22-15(21)11-3-5-12(6-4-11)16-23-7-8-24-16/h3-6,16H,7-10H2,1-2H3,(H,17,19). The lowest BCUT2D eigenvalue weighted by molar-refractivity contribution is -0.131. The van der Waals surface area contributed by atoms with Crippen LogP contribution in [0.5, 0.6) is 0 Å². The first-order valence-electron chi connectivity index (χ1n) is 7.44. The van der Waals surface area contributed by atoms with Gasteiger partial charge in [0.2, 0.25) is 5.91 Å². The third kappa shape index (κ3) is 5.45. The highest BCUT2D eigenvalue weighted by Gasteiger charge is 2.19. The van der Waals surface area contributed by atoms with E-state index in [1.54, 1.807) is 26.2 Å². The van der Waals surface area contributed by atoms with Crippen molar-refractivity contribution in [1.82, 2.24) is 10.2 Å². The molecule has 0 radical (unpaired) electrons. The molecule has 0 saturated carbocycles. The third-order valence-electron chi connectivity index (χ3n) is 3.31. The number of amides is 2. The van der Waals surface area contributed by atoms with Crippen LogP contribution in [0.15, 0.2) is 24.3 Å². The SMILES string of the molecule is CN(C)C(=O)CNC(=O)COC(=O)c1ccc(C2SCCS2)cc1. The summed E-state index contributed by atoms with van der Waals surface area (Å²) in [5, 5.41) is 2.40. The van der Waals surface area contributed by atoms with Gasteiger partial charge in [-0.3, -0.25) is 9.59 Å². The van der Waals surface area contributed by atoms with E-state index in [9.17, 15) is 14.4 Å². The molecule has 0 unspecified atom stereocenters. The smallest absolute Gasteiger partial charge is 0.338 e. The molecule has 24 heavy (non-hydrogen) atoms. The summed E-state index contributed by atoms with van der Waals surface area (Å²) in [7, 11) is 3.20. The summed E-state index contributed by atoms with van der Waals surface area (Å²) in [5.74, 6) is 0.999. The fraction of sp³-hybridized carbons (Fsp3) is 0.438. The van der Waals surface area contributed by atoms with E-state index in [0.29, 0.717) is 10.1 Å². The quantitative estimate of drug-likeness (QED) is 0.768. The van der Waals surface area contributed by atoms with Gasteiger partial charge in [0.1, 0.15) is 0 Å². The molecule has 0 atom stereocenters. The molecule has 130 valence electrons. The zero-order valence-corrected chi connectivity index (χ0v) is 15.2. The minimum atomic E-state index is -0.553.